The lowest BCUT2D eigenvalue weighted by Crippen LogP contribution is -2.65. The van der Waals surface area contributed by atoms with E-state index in [1.807, 2.05) is 6.92 Å². The second-order valence-corrected chi connectivity index (χ2v) is 8.00. The summed E-state index contributed by atoms with van der Waals surface area (Å²) in [6.45, 7) is 14.2. The molecule has 114 valence electrons. The number of hydrogen-bond donors (Lipinski definition) is 0. The summed E-state index contributed by atoms with van der Waals surface area (Å²) in [5.74, 6) is 1.84. The van der Waals surface area contributed by atoms with Gasteiger partial charge in [0.05, 0.1) is 17.7 Å². The van der Waals surface area contributed by atoms with Crippen LogP contribution in [-0.4, -0.2) is 31.4 Å². The molecule has 20 heavy (non-hydrogen) atoms. The van der Waals surface area contributed by atoms with Gasteiger partial charge in [0.15, 0.2) is 0 Å². The van der Waals surface area contributed by atoms with Gasteiger partial charge in [-0.1, -0.05) is 27.7 Å². The van der Waals surface area contributed by atoms with Crippen molar-refractivity contribution in [1.29, 1.82) is 0 Å². The zero-order valence-corrected chi connectivity index (χ0v) is 13.8. The fraction of sp³-hybridized carbons (Fsp3) is 1.00. The van der Waals surface area contributed by atoms with Crippen molar-refractivity contribution in [3.05, 3.63) is 0 Å². The molecular formula is C16H29BO3. The van der Waals surface area contributed by atoms with E-state index in [-0.39, 0.29) is 24.8 Å². The molecule has 0 radical (unpaired) electrons. The summed E-state index contributed by atoms with van der Waals surface area (Å²) in [7, 11) is -0.194. The second kappa shape index (κ2) is 4.72. The van der Waals surface area contributed by atoms with Crippen LogP contribution in [0, 0.1) is 23.2 Å². The van der Waals surface area contributed by atoms with Crippen LogP contribution in [0.4, 0.5) is 0 Å². The molecule has 4 aliphatic rings. The molecule has 0 aromatic heterocycles. The molecule has 0 amide bonds. The first kappa shape index (κ1) is 14.9. The fourth-order valence-electron chi connectivity index (χ4n) is 4.82. The molecule has 4 heteroatoms. The molecule has 3 saturated carbocycles. The maximum Gasteiger partial charge on any atom is 0.489 e. The summed E-state index contributed by atoms with van der Waals surface area (Å²) >= 11 is 0. The van der Waals surface area contributed by atoms with Crippen molar-refractivity contribution >= 4 is 7.12 Å². The molecule has 1 saturated heterocycles. The summed E-state index contributed by atoms with van der Waals surface area (Å²) in [6, 6.07) is 0.0442. The van der Waals surface area contributed by atoms with Crippen LogP contribution in [0.5, 0.6) is 0 Å². The minimum atomic E-state index is -0.194. The van der Waals surface area contributed by atoms with Gasteiger partial charge in [0.25, 0.3) is 0 Å². The lowest BCUT2D eigenvalue weighted by atomic mass is 9.43. The van der Waals surface area contributed by atoms with E-state index >= 15 is 0 Å². The molecular weight excluding hydrogens is 251 g/mol. The van der Waals surface area contributed by atoms with Crippen LogP contribution >= 0.6 is 0 Å². The van der Waals surface area contributed by atoms with Crippen LogP contribution in [0.25, 0.3) is 0 Å². The first-order valence-electron chi connectivity index (χ1n) is 8.25. The third kappa shape index (κ3) is 1.91. The highest BCUT2D eigenvalue weighted by atomic mass is 16.7. The van der Waals surface area contributed by atoms with Gasteiger partial charge in [-0.15, -0.1) is 0 Å². The smallest absolute Gasteiger partial charge is 0.404 e. The van der Waals surface area contributed by atoms with Crippen LogP contribution in [-0.2, 0) is 14.0 Å². The van der Waals surface area contributed by atoms with Crippen molar-refractivity contribution in [2.75, 3.05) is 6.61 Å². The molecule has 5 atom stereocenters. The van der Waals surface area contributed by atoms with E-state index in [1.165, 1.54) is 6.42 Å². The van der Waals surface area contributed by atoms with Crippen LogP contribution in [0.15, 0.2) is 0 Å². The molecule has 4 rings (SSSR count). The summed E-state index contributed by atoms with van der Waals surface area (Å²) in [6.07, 6.45) is 2.70. The Balaban J connectivity index is 1.78. The average molecular weight is 280 g/mol. The Bertz CT molecular complexity index is 384. The molecule has 3 aliphatic carbocycles. The predicted molar refractivity (Wildman–Crippen MR) is 80.4 cm³/mol. The largest absolute Gasteiger partial charge is 0.489 e. The quantitative estimate of drug-likeness (QED) is 0.739. The Morgan fingerprint density at radius 1 is 1.25 bits per heavy atom. The summed E-state index contributed by atoms with van der Waals surface area (Å²) in [5, 5.41) is 0. The topological polar surface area (TPSA) is 27.7 Å². The van der Waals surface area contributed by atoms with Crippen molar-refractivity contribution < 1.29 is 14.0 Å². The van der Waals surface area contributed by atoms with E-state index in [4.69, 9.17) is 14.0 Å². The Morgan fingerprint density at radius 3 is 2.50 bits per heavy atom. The maximum atomic E-state index is 6.47. The van der Waals surface area contributed by atoms with Gasteiger partial charge in [0, 0.05) is 6.61 Å². The third-order valence-electron chi connectivity index (χ3n) is 6.25. The van der Waals surface area contributed by atoms with Crippen molar-refractivity contribution in [1.82, 2.24) is 0 Å². The van der Waals surface area contributed by atoms with Gasteiger partial charge >= 0.3 is 7.12 Å². The molecule has 0 aromatic carbocycles. The molecule has 1 unspecified atom stereocenters. The molecule has 0 spiro atoms. The Morgan fingerprint density at radius 2 is 1.95 bits per heavy atom. The van der Waals surface area contributed by atoms with Crippen LogP contribution in [0.1, 0.15) is 54.4 Å². The molecule has 4 fully saturated rings. The number of rotatable bonds is 4. The normalized spacial score (nSPS) is 43.4. The van der Waals surface area contributed by atoms with Crippen molar-refractivity contribution in [2.24, 2.45) is 23.2 Å². The number of ether oxygens (including phenoxy) is 1. The monoisotopic (exact) mass is 280 g/mol. The van der Waals surface area contributed by atoms with Gasteiger partial charge in [-0.3, -0.25) is 0 Å². The first-order valence-corrected chi connectivity index (χ1v) is 8.25. The highest BCUT2D eigenvalue weighted by Gasteiger charge is 2.68. The molecule has 1 heterocycles. The Labute approximate surface area is 123 Å². The molecule has 2 bridgehead atoms. The standard InChI is InChI=1S/C16H29BO3/c1-7-18-14(10(2)3)17-19-13-9-11-8-12(15(11,4)5)16(13,6)20-17/h10-14H,7-9H2,1-6H3/t11-,12-,13?,14+,16-/m0/s1. The second-order valence-electron chi connectivity index (χ2n) is 8.00. The minimum absolute atomic E-state index is 0.0442. The highest BCUT2D eigenvalue weighted by Crippen LogP contribution is 2.65. The van der Waals surface area contributed by atoms with E-state index < -0.39 is 0 Å². The fourth-order valence-corrected chi connectivity index (χ4v) is 4.82. The Kier molecular flexibility index (Phi) is 3.51. The lowest BCUT2D eigenvalue weighted by Gasteiger charge is -2.64. The predicted octanol–water partition coefficient (Wildman–Crippen LogP) is 3.32. The van der Waals surface area contributed by atoms with E-state index in [1.54, 1.807) is 0 Å². The van der Waals surface area contributed by atoms with Gasteiger partial charge in [-0.05, 0) is 49.9 Å². The third-order valence-corrected chi connectivity index (χ3v) is 6.25. The van der Waals surface area contributed by atoms with E-state index in [0.29, 0.717) is 23.9 Å². The average Bonchev–Trinajstić information content (AvgIpc) is 2.71. The molecule has 1 aliphatic heterocycles. The summed E-state index contributed by atoms with van der Waals surface area (Å²) in [4.78, 5) is 0. The number of hydrogen-bond acceptors (Lipinski definition) is 3. The van der Waals surface area contributed by atoms with Gasteiger partial charge < -0.3 is 14.0 Å². The van der Waals surface area contributed by atoms with E-state index in [2.05, 4.69) is 34.6 Å². The molecule has 0 N–H and O–H groups in total. The van der Waals surface area contributed by atoms with Gasteiger partial charge in [-0.2, -0.15) is 0 Å². The van der Waals surface area contributed by atoms with Crippen molar-refractivity contribution in [3.63, 3.8) is 0 Å². The minimum Gasteiger partial charge on any atom is -0.404 e. The van der Waals surface area contributed by atoms with Crippen molar-refractivity contribution in [2.45, 2.75) is 72.1 Å². The maximum absolute atomic E-state index is 6.47. The van der Waals surface area contributed by atoms with Crippen LogP contribution < -0.4 is 0 Å². The van der Waals surface area contributed by atoms with Crippen LogP contribution in [0.2, 0.25) is 0 Å². The van der Waals surface area contributed by atoms with Gasteiger partial charge in [0.2, 0.25) is 0 Å². The summed E-state index contributed by atoms with van der Waals surface area (Å²) < 4.78 is 18.6. The zero-order valence-electron chi connectivity index (χ0n) is 13.8. The van der Waals surface area contributed by atoms with Crippen molar-refractivity contribution in [3.8, 4) is 0 Å². The molecule has 3 nitrogen and oxygen atoms in total. The van der Waals surface area contributed by atoms with E-state index in [9.17, 15) is 0 Å². The lowest BCUT2D eigenvalue weighted by molar-refractivity contribution is -0.199. The van der Waals surface area contributed by atoms with Gasteiger partial charge in [-0.25, -0.2) is 0 Å². The zero-order chi connectivity index (χ0) is 14.7. The summed E-state index contributed by atoms with van der Waals surface area (Å²) in [5.41, 5.74) is 0.287. The van der Waals surface area contributed by atoms with Crippen LogP contribution in [0.3, 0.4) is 0 Å². The Hall–Kier alpha value is -0.0551. The molecule has 0 aromatic rings. The highest BCUT2D eigenvalue weighted by molar-refractivity contribution is 6.47. The SMILES string of the molecule is CCO[C@@H](B1OC2C[C@@H]3C[C@@H](C3(C)C)[C@]2(C)O1)C(C)C. The van der Waals surface area contributed by atoms with E-state index in [0.717, 1.165) is 12.3 Å². The van der Waals surface area contributed by atoms with Gasteiger partial charge in [0.1, 0.15) is 0 Å². The first-order chi connectivity index (χ1) is 9.30.